The summed E-state index contributed by atoms with van der Waals surface area (Å²) in [5.41, 5.74) is 1.25. The second-order valence-electron chi connectivity index (χ2n) is 4.15. The molecule has 1 unspecified atom stereocenters. The predicted molar refractivity (Wildman–Crippen MR) is 77.0 cm³/mol. The number of halogens is 2. The zero-order chi connectivity index (χ0) is 13.1. The largest absolute Gasteiger partial charge is 0.323 e. The number of thioether (sulfide) groups is 1. The lowest BCUT2D eigenvalue weighted by Crippen LogP contribution is -2.11. The Morgan fingerprint density at radius 2 is 2.28 bits per heavy atom. The Kier molecular flexibility index (Phi) is 4.51. The molecule has 0 fully saturated rings. The van der Waals surface area contributed by atoms with Gasteiger partial charge in [-0.3, -0.25) is 0 Å². The number of para-hydroxylation sites is 1. The van der Waals surface area contributed by atoms with Crippen LogP contribution in [-0.4, -0.2) is 21.1 Å². The Bertz CT molecular complexity index is 541. The molecule has 5 heteroatoms. The Hall–Kier alpha value is -0.740. The van der Waals surface area contributed by atoms with Crippen LogP contribution in [0.3, 0.4) is 0 Å². The van der Waals surface area contributed by atoms with E-state index in [1.54, 1.807) is 6.07 Å². The molecule has 1 heterocycles. The fourth-order valence-electron chi connectivity index (χ4n) is 2.08. The maximum atomic E-state index is 13.7. The van der Waals surface area contributed by atoms with Gasteiger partial charge in [-0.2, -0.15) is 11.8 Å². The Morgan fingerprint density at radius 3 is 2.94 bits per heavy atom. The van der Waals surface area contributed by atoms with Crippen molar-refractivity contribution in [3.63, 3.8) is 0 Å². The first-order chi connectivity index (χ1) is 8.69. The average molecular weight is 287 g/mol. The molecule has 0 aliphatic rings. The fourth-order valence-corrected chi connectivity index (χ4v) is 2.99. The number of aromatic nitrogens is 2. The highest BCUT2D eigenvalue weighted by Gasteiger charge is 2.17. The molecule has 2 aromatic rings. The molecule has 2 rings (SSSR count). The molecule has 2 nitrogen and oxygen atoms in total. The van der Waals surface area contributed by atoms with E-state index in [1.165, 1.54) is 6.07 Å². The van der Waals surface area contributed by atoms with Crippen LogP contribution in [0, 0.1) is 5.82 Å². The van der Waals surface area contributed by atoms with Gasteiger partial charge in [0.15, 0.2) is 5.82 Å². The molecule has 0 aliphatic heterocycles. The van der Waals surface area contributed by atoms with Gasteiger partial charge in [-0.1, -0.05) is 13.0 Å². The van der Waals surface area contributed by atoms with Gasteiger partial charge in [0.2, 0.25) is 0 Å². The van der Waals surface area contributed by atoms with E-state index in [2.05, 4.69) is 18.8 Å². The van der Waals surface area contributed by atoms with Gasteiger partial charge in [-0.25, -0.2) is 9.37 Å². The van der Waals surface area contributed by atoms with E-state index < -0.39 is 0 Å². The smallest absolute Gasteiger partial charge is 0.151 e. The van der Waals surface area contributed by atoms with Crippen molar-refractivity contribution in [3.05, 3.63) is 29.8 Å². The monoisotopic (exact) mass is 286 g/mol. The predicted octanol–water partition coefficient (Wildman–Crippen LogP) is 4.23. The van der Waals surface area contributed by atoms with Gasteiger partial charge in [0.05, 0.1) is 11.4 Å². The van der Waals surface area contributed by atoms with Crippen LogP contribution in [0.5, 0.6) is 0 Å². The summed E-state index contributed by atoms with van der Waals surface area (Å²) >= 11 is 7.78. The second-order valence-corrected chi connectivity index (χ2v) is 5.73. The van der Waals surface area contributed by atoms with E-state index in [9.17, 15) is 4.39 Å². The van der Waals surface area contributed by atoms with Gasteiger partial charge in [-0.15, -0.1) is 11.6 Å². The van der Waals surface area contributed by atoms with Crippen molar-refractivity contribution in [2.45, 2.75) is 25.8 Å². The van der Waals surface area contributed by atoms with Crippen LogP contribution in [0.4, 0.5) is 4.39 Å². The van der Waals surface area contributed by atoms with E-state index in [0.717, 1.165) is 22.8 Å². The average Bonchev–Trinajstić information content (AvgIpc) is 2.76. The summed E-state index contributed by atoms with van der Waals surface area (Å²) in [4.78, 5) is 4.31. The van der Waals surface area contributed by atoms with Crippen molar-refractivity contribution in [2.24, 2.45) is 0 Å². The minimum absolute atomic E-state index is 0.260. The summed E-state index contributed by atoms with van der Waals surface area (Å²) in [6.07, 6.45) is 0. The third-order valence-electron chi connectivity index (χ3n) is 2.87. The molecule has 18 heavy (non-hydrogen) atoms. The highest BCUT2D eigenvalue weighted by molar-refractivity contribution is 7.99. The van der Waals surface area contributed by atoms with Crippen molar-refractivity contribution < 1.29 is 4.39 Å². The summed E-state index contributed by atoms with van der Waals surface area (Å²) in [7, 11) is 0. The van der Waals surface area contributed by atoms with Gasteiger partial charge in [0.1, 0.15) is 11.3 Å². The number of nitrogens with zero attached hydrogens (tertiary/aromatic N) is 2. The summed E-state index contributed by atoms with van der Waals surface area (Å²) in [5, 5.41) is 0. The molecule has 0 bridgehead atoms. The first-order valence-electron chi connectivity index (χ1n) is 5.98. The van der Waals surface area contributed by atoms with Crippen LogP contribution in [-0.2, 0) is 5.88 Å². The minimum atomic E-state index is -0.284. The number of benzene rings is 1. The molecule has 0 amide bonds. The van der Waals surface area contributed by atoms with Crippen molar-refractivity contribution in [2.75, 3.05) is 11.5 Å². The van der Waals surface area contributed by atoms with Crippen LogP contribution < -0.4 is 0 Å². The Labute approximate surface area is 116 Å². The van der Waals surface area contributed by atoms with Crippen molar-refractivity contribution in [1.29, 1.82) is 0 Å². The van der Waals surface area contributed by atoms with Crippen LogP contribution in [0.1, 0.15) is 25.7 Å². The molecular weight excluding hydrogens is 271 g/mol. The number of imidazole rings is 1. The lowest BCUT2D eigenvalue weighted by Gasteiger charge is -2.16. The van der Waals surface area contributed by atoms with Crippen LogP contribution in [0.2, 0.25) is 0 Å². The maximum absolute atomic E-state index is 13.7. The lowest BCUT2D eigenvalue weighted by atomic mass is 10.3. The van der Waals surface area contributed by atoms with Crippen LogP contribution >= 0.6 is 23.4 Å². The summed E-state index contributed by atoms with van der Waals surface area (Å²) in [6, 6.07) is 5.31. The van der Waals surface area contributed by atoms with E-state index in [-0.39, 0.29) is 11.9 Å². The molecule has 0 saturated heterocycles. The lowest BCUT2D eigenvalue weighted by molar-refractivity contribution is 0.606. The Balaban J connectivity index is 2.50. The molecule has 98 valence electrons. The molecule has 1 aromatic carbocycles. The molecule has 0 spiro atoms. The highest BCUT2D eigenvalue weighted by atomic mass is 35.5. The number of rotatable bonds is 5. The van der Waals surface area contributed by atoms with Gasteiger partial charge >= 0.3 is 0 Å². The number of hydrogen-bond donors (Lipinski definition) is 0. The molecule has 0 N–H and O–H groups in total. The molecule has 1 atom stereocenters. The third kappa shape index (κ3) is 2.50. The van der Waals surface area contributed by atoms with Gasteiger partial charge in [-0.05, 0) is 24.8 Å². The van der Waals surface area contributed by atoms with E-state index in [4.69, 9.17) is 11.6 Å². The zero-order valence-corrected chi connectivity index (χ0v) is 12.1. The highest BCUT2D eigenvalue weighted by Crippen LogP contribution is 2.26. The van der Waals surface area contributed by atoms with Gasteiger partial charge in [0, 0.05) is 11.8 Å². The van der Waals surface area contributed by atoms with Crippen molar-refractivity contribution >= 4 is 34.4 Å². The van der Waals surface area contributed by atoms with E-state index >= 15 is 0 Å². The third-order valence-corrected chi connectivity index (χ3v) is 4.23. The van der Waals surface area contributed by atoms with Crippen molar-refractivity contribution in [1.82, 2.24) is 9.55 Å². The molecule has 0 radical (unpaired) electrons. The van der Waals surface area contributed by atoms with Gasteiger partial charge in [0.25, 0.3) is 0 Å². The minimum Gasteiger partial charge on any atom is -0.323 e. The number of alkyl halides is 1. The standard InChI is InChI=1S/C13H16ClFN2S/c1-3-18-8-9(2)17-11-6-4-5-10(15)13(11)16-12(17)7-14/h4-6,9H,3,7-8H2,1-2H3. The van der Waals surface area contributed by atoms with E-state index in [0.29, 0.717) is 11.4 Å². The second kappa shape index (κ2) is 5.93. The SMILES string of the molecule is CCSCC(C)n1c(CCl)nc2c(F)cccc21. The normalized spacial score (nSPS) is 13.1. The molecular formula is C13H16ClFN2S. The summed E-state index contributed by atoms with van der Waals surface area (Å²) < 4.78 is 15.8. The molecule has 0 aliphatic carbocycles. The first kappa shape index (κ1) is 13.7. The quantitative estimate of drug-likeness (QED) is 0.766. The topological polar surface area (TPSA) is 17.8 Å². The summed E-state index contributed by atoms with van der Waals surface area (Å²) in [5.74, 6) is 2.80. The summed E-state index contributed by atoms with van der Waals surface area (Å²) in [6.45, 7) is 4.25. The number of fused-ring (bicyclic) bond motifs is 1. The van der Waals surface area contributed by atoms with Crippen LogP contribution in [0.15, 0.2) is 18.2 Å². The maximum Gasteiger partial charge on any atom is 0.151 e. The van der Waals surface area contributed by atoms with Crippen molar-refractivity contribution in [3.8, 4) is 0 Å². The Morgan fingerprint density at radius 1 is 1.50 bits per heavy atom. The zero-order valence-electron chi connectivity index (χ0n) is 10.5. The van der Waals surface area contributed by atoms with E-state index in [1.807, 2.05) is 22.4 Å². The molecule has 1 aromatic heterocycles. The van der Waals surface area contributed by atoms with Crippen LogP contribution in [0.25, 0.3) is 11.0 Å². The first-order valence-corrected chi connectivity index (χ1v) is 7.67. The van der Waals surface area contributed by atoms with Gasteiger partial charge < -0.3 is 4.57 Å². The molecule has 0 saturated carbocycles. The number of hydrogen-bond acceptors (Lipinski definition) is 2. The fraction of sp³-hybridized carbons (Fsp3) is 0.462.